The summed E-state index contributed by atoms with van der Waals surface area (Å²) in [6.45, 7) is 3.10. The molecule has 0 saturated carbocycles. The normalized spacial score (nSPS) is 13.2. The average molecular weight is 171 g/mol. The molecule has 0 aliphatic carbocycles. The van der Waals surface area contributed by atoms with E-state index in [0.717, 1.165) is 18.8 Å². The molecule has 0 aromatic carbocycles. The summed E-state index contributed by atoms with van der Waals surface area (Å²) in [5.74, 6) is 0.757. The first kappa shape index (κ1) is 9.08. The van der Waals surface area contributed by atoms with Gasteiger partial charge in [0.15, 0.2) is 0 Å². The number of aromatic nitrogens is 4. The maximum Gasteiger partial charge on any atom is 0.149 e. The van der Waals surface area contributed by atoms with Gasteiger partial charge in [0.1, 0.15) is 5.82 Å². The topological polar surface area (TPSA) is 86.7 Å². The first-order chi connectivity index (χ1) is 5.79. The van der Waals surface area contributed by atoms with Crippen molar-refractivity contribution in [3.8, 4) is 0 Å². The lowest BCUT2D eigenvalue weighted by Gasteiger charge is -2.04. The van der Waals surface area contributed by atoms with Crippen LogP contribution in [-0.2, 0) is 6.42 Å². The Morgan fingerprint density at radius 3 is 3.08 bits per heavy atom. The fourth-order valence-corrected chi connectivity index (χ4v) is 0.802. The van der Waals surface area contributed by atoms with Gasteiger partial charge in [-0.3, -0.25) is 0 Å². The van der Waals surface area contributed by atoms with E-state index < -0.39 is 0 Å². The highest BCUT2D eigenvalue weighted by molar-refractivity contribution is 4.76. The summed E-state index contributed by atoms with van der Waals surface area (Å²) in [5, 5.41) is 25.2. The van der Waals surface area contributed by atoms with E-state index in [2.05, 4.69) is 25.9 Å². The van der Waals surface area contributed by atoms with Crippen LogP contribution in [0.3, 0.4) is 0 Å². The number of H-pyrrole nitrogens is 1. The molecule has 0 spiro atoms. The molecule has 1 aromatic rings. The maximum absolute atomic E-state index is 8.90. The van der Waals surface area contributed by atoms with Crippen molar-refractivity contribution in [2.24, 2.45) is 0 Å². The van der Waals surface area contributed by atoms with Crippen LogP contribution in [0, 0.1) is 0 Å². The van der Waals surface area contributed by atoms with Gasteiger partial charge in [-0.25, -0.2) is 5.10 Å². The smallest absolute Gasteiger partial charge is 0.149 e. The third-order valence-corrected chi connectivity index (χ3v) is 1.37. The molecule has 6 nitrogen and oxygen atoms in total. The SMILES string of the molecule is CC(O)CNCCc1nnn[nH]1. The molecule has 0 radical (unpaired) electrons. The minimum Gasteiger partial charge on any atom is -0.392 e. The zero-order chi connectivity index (χ0) is 8.81. The molecule has 1 atom stereocenters. The van der Waals surface area contributed by atoms with Crippen LogP contribution in [-0.4, -0.2) is 44.9 Å². The summed E-state index contributed by atoms with van der Waals surface area (Å²) < 4.78 is 0. The molecule has 0 saturated heterocycles. The summed E-state index contributed by atoms with van der Waals surface area (Å²) in [6.07, 6.45) is 0.442. The van der Waals surface area contributed by atoms with Crippen molar-refractivity contribution in [3.05, 3.63) is 5.82 Å². The van der Waals surface area contributed by atoms with Crippen molar-refractivity contribution in [2.45, 2.75) is 19.4 Å². The molecular weight excluding hydrogens is 158 g/mol. The van der Waals surface area contributed by atoms with E-state index in [1.54, 1.807) is 6.92 Å². The minimum atomic E-state index is -0.308. The fourth-order valence-electron chi connectivity index (χ4n) is 0.802. The molecule has 12 heavy (non-hydrogen) atoms. The van der Waals surface area contributed by atoms with Crippen LogP contribution in [0.4, 0.5) is 0 Å². The molecule has 0 bridgehead atoms. The zero-order valence-electron chi connectivity index (χ0n) is 6.99. The van der Waals surface area contributed by atoms with Crippen molar-refractivity contribution >= 4 is 0 Å². The van der Waals surface area contributed by atoms with Crippen LogP contribution >= 0.6 is 0 Å². The van der Waals surface area contributed by atoms with Gasteiger partial charge in [0.05, 0.1) is 6.10 Å². The van der Waals surface area contributed by atoms with Crippen molar-refractivity contribution in [3.63, 3.8) is 0 Å². The lowest BCUT2D eigenvalue weighted by Crippen LogP contribution is -2.26. The second-order valence-corrected chi connectivity index (χ2v) is 2.65. The Labute approximate surface area is 70.4 Å². The van der Waals surface area contributed by atoms with Crippen LogP contribution in [0.25, 0.3) is 0 Å². The van der Waals surface area contributed by atoms with Gasteiger partial charge in [-0.05, 0) is 17.4 Å². The molecular formula is C6H13N5O. The lowest BCUT2D eigenvalue weighted by atomic mass is 10.3. The number of nitrogens with one attached hydrogen (secondary N) is 2. The predicted molar refractivity (Wildman–Crippen MR) is 42.4 cm³/mol. The van der Waals surface area contributed by atoms with Crippen LogP contribution in [0.1, 0.15) is 12.7 Å². The van der Waals surface area contributed by atoms with Crippen LogP contribution in [0.15, 0.2) is 0 Å². The van der Waals surface area contributed by atoms with Crippen molar-refractivity contribution in [1.29, 1.82) is 0 Å². The highest BCUT2D eigenvalue weighted by Crippen LogP contribution is 1.83. The lowest BCUT2D eigenvalue weighted by molar-refractivity contribution is 0.191. The zero-order valence-corrected chi connectivity index (χ0v) is 6.99. The molecule has 1 unspecified atom stereocenters. The Kier molecular flexibility index (Phi) is 3.62. The summed E-state index contributed by atoms with van der Waals surface area (Å²) in [7, 11) is 0. The Bertz CT molecular complexity index is 198. The first-order valence-corrected chi connectivity index (χ1v) is 3.90. The Morgan fingerprint density at radius 2 is 2.50 bits per heavy atom. The number of rotatable bonds is 5. The van der Waals surface area contributed by atoms with E-state index in [1.165, 1.54) is 0 Å². The van der Waals surface area contributed by atoms with Crippen molar-refractivity contribution in [2.75, 3.05) is 13.1 Å². The summed E-state index contributed by atoms with van der Waals surface area (Å²) >= 11 is 0. The Morgan fingerprint density at radius 1 is 1.67 bits per heavy atom. The molecule has 0 aliphatic rings. The van der Waals surface area contributed by atoms with Crippen LogP contribution < -0.4 is 5.32 Å². The summed E-state index contributed by atoms with van der Waals surface area (Å²) in [4.78, 5) is 0. The van der Waals surface area contributed by atoms with Crippen molar-refractivity contribution in [1.82, 2.24) is 25.9 Å². The van der Waals surface area contributed by atoms with E-state index in [1.807, 2.05) is 0 Å². The first-order valence-electron chi connectivity index (χ1n) is 3.90. The van der Waals surface area contributed by atoms with Gasteiger partial charge in [-0.15, -0.1) is 5.10 Å². The molecule has 1 rings (SSSR count). The number of nitrogens with zero attached hydrogens (tertiary/aromatic N) is 3. The predicted octanol–water partition coefficient (Wildman–Crippen LogP) is -1.29. The van der Waals surface area contributed by atoms with Gasteiger partial charge in [0.2, 0.25) is 0 Å². The fraction of sp³-hybridized carbons (Fsp3) is 0.833. The number of hydrogen-bond acceptors (Lipinski definition) is 5. The van der Waals surface area contributed by atoms with Crippen LogP contribution in [0.5, 0.6) is 0 Å². The monoisotopic (exact) mass is 171 g/mol. The Balaban J connectivity index is 2.04. The van der Waals surface area contributed by atoms with Gasteiger partial charge < -0.3 is 10.4 Å². The van der Waals surface area contributed by atoms with E-state index in [9.17, 15) is 0 Å². The van der Waals surface area contributed by atoms with Crippen LogP contribution in [0.2, 0.25) is 0 Å². The molecule has 0 fully saturated rings. The van der Waals surface area contributed by atoms with Gasteiger partial charge in [-0.1, -0.05) is 0 Å². The molecule has 0 amide bonds. The van der Waals surface area contributed by atoms with Gasteiger partial charge in [0, 0.05) is 19.5 Å². The van der Waals surface area contributed by atoms with Crippen molar-refractivity contribution < 1.29 is 5.11 Å². The molecule has 68 valence electrons. The summed E-state index contributed by atoms with van der Waals surface area (Å²) in [5.41, 5.74) is 0. The number of tetrazole rings is 1. The number of hydrogen-bond donors (Lipinski definition) is 3. The minimum absolute atomic E-state index is 0.308. The molecule has 3 N–H and O–H groups in total. The van der Waals surface area contributed by atoms with E-state index in [0.29, 0.717) is 6.54 Å². The molecule has 0 aliphatic heterocycles. The highest BCUT2D eigenvalue weighted by Gasteiger charge is 1.97. The third kappa shape index (κ3) is 3.40. The molecule has 1 aromatic heterocycles. The quantitative estimate of drug-likeness (QED) is 0.480. The van der Waals surface area contributed by atoms with Gasteiger partial charge >= 0.3 is 0 Å². The summed E-state index contributed by atoms with van der Waals surface area (Å²) in [6, 6.07) is 0. The van der Waals surface area contributed by atoms with E-state index in [4.69, 9.17) is 5.11 Å². The third-order valence-electron chi connectivity index (χ3n) is 1.37. The number of aromatic amines is 1. The molecule has 6 heteroatoms. The van der Waals surface area contributed by atoms with Gasteiger partial charge in [0.25, 0.3) is 0 Å². The number of aliphatic hydroxyl groups excluding tert-OH is 1. The van der Waals surface area contributed by atoms with E-state index >= 15 is 0 Å². The standard InChI is InChI=1S/C6H13N5O/c1-5(12)4-7-3-2-6-8-10-11-9-6/h5,7,12H,2-4H2,1H3,(H,8,9,10,11). The largest absolute Gasteiger partial charge is 0.392 e. The molecule has 1 heterocycles. The second-order valence-electron chi connectivity index (χ2n) is 2.65. The Hall–Kier alpha value is -1.01. The average Bonchev–Trinajstić information content (AvgIpc) is 2.49. The van der Waals surface area contributed by atoms with Gasteiger partial charge in [-0.2, -0.15) is 0 Å². The van der Waals surface area contributed by atoms with E-state index in [-0.39, 0.29) is 6.10 Å². The number of aliphatic hydroxyl groups is 1. The highest BCUT2D eigenvalue weighted by atomic mass is 16.3. The maximum atomic E-state index is 8.90. The second kappa shape index (κ2) is 4.78.